The van der Waals surface area contributed by atoms with Gasteiger partial charge in [0.1, 0.15) is 0 Å². The normalized spacial score (nSPS) is 14.3. The van der Waals surface area contributed by atoms with Crippen LogP contribution in [0.3, 0.4) is 0 Å². The van der Waals surface area contributed by atoms with E-state index in [4.69, 9.17) is 4.74 Å². The lowest BCUT2D eigenvalue weighted by Gasteiger charge is -2.30. The van der Waals surface area contributed by atoms with Crippen LogP contribution in [0.2, 0.25) is 0 Å². The number of carbonyl (C=O) groups is 1. The van der Waals surface area contributed by atoms with Gasteiger partial charge in [0.25, 0.3) is 11.5 Å². The number of H-pyrrole nitrogens is 2. The third kappa shape index (κ3) is 3.56. The number of hydrogen-bond donors (Lipinski definition) is 2. The summed E-state index contributed by atoms with van der Waals surface area (Å²) in [5.74, 6) is 0.262. The summed E-state index contributed by atoms with van der Waals surface area (Å²) in [7, 11) is 0. The van der Waals surface area contributed by atoms with Gasteiger partial charge in [-0.25, -0.2) is 0 Å². The second-order valence-electron chi connectivity index (χ2n) is 8.67. The van der Waals surface area contributed by atoms with Crippen LogP contribution >= 0.6 is 0 Å². The van der Waals surface area contributed by atoms with E-state index in [1.165, 1.54) is 0 Å². The molecule has 3 heterocycles. The SMILES string of the molecule is Cc1cc(C)c(CN(C(=O)c2cc(C3COC3)cc3[nH]cc(C)c23)C(C)C)c(=O)[nH]1. The number of carbonyl (C=O) groups excluding carboxylic acids is 1. The lowest BCUT2D eigenvalue weighted by atomic mass is 9.92. The molecule has 1 aliphatic heterocycles. The van der Waals surface area contributed by atoms with E-state index in [1.54, 1.807) is 4.90 Å². The van der Waals surface area contributed by atoms with Gasteiger partial charge in [-0.05, 0) is 69.5 Å². The number of pyridine rings is 1. The van der Waals surface area contributed by atoms with Crippen molar-refractivity contribution >= 4 is 16.8 Å². The molecule has 2 N–H and O–H groups in total. The van der Waals surface area contributed by atoms with Gasteiger partial charge in [0.05, 0.1) is 19.8 Å². The van der Waals surface area contributed by atoms with Gasteiger partial charge in [-0.1, -0.05) is 0 Å². The molecule has 4 rings (SSSR count). The Balaban J connectivity index is 1.78. The van der Waals surface area contributed by atoms with Crippen molar-refractivity contribution in [3.05, 3.63) is 68.3 Å². The standard InChI is InChI=1S/C24H29N3O3/c1-13(2)27(10-20-14(3)6-16(5)26-23(20)28)24(29)19-7-17(18-11-30-12-18)8-21-22(19)15(4)9-25-21/h6-9,13,18,25H,10-12H2,1-5H3,(H,26,28). The number of aromatic amines is 2. The number of hydrogen-bond acceptors (Lipinski definition) is 3. The number of ether oxygens (including phenoxy) is 1. The Kier molecular flexibility index (Phi) is 5.28. The van der Waals surface area contributed by atoms with Crippen LogP contribution in [-0.4, -0.2) is 40.0 Å². The molecule has 0 aliphatic carbocycles. The number of amides is 1. The third-order valence-corrected chi connectivity index (χ3v) is 6.05. The second-order valence-corrected chi connectivity index (χ2v) is 8.67. The highest BCUT2D eigenvalue weighted by Crippen LogP contribution is 2.32. The van der Waals surface area contributed by atoms with Crippen LogP contribution in [0.1, 0.15) is 58.1 Å². The molecule has 1 aromatic carbocycles. The number of aryl methyl sites for hydroxylation is 3. The maximum Gasteiger partial charge on any atom is 0.255 e. The van der Waals surface area contributed by atoms with Crippen LogP contribution < -0.4 is 5.56 Å². The Labute approximate surface area is 176 Å². The molecular weight excluding hydrogens is 378 g/mol. The Hall–Kier alpha value is -2.86. The van der Waals surface area contributed by atoms with Crippen LogP contribution in [0.5, 0.6) is 0 Å². The van der Waals surface area contributed by atoms with Gasteiger partial charge in [-0.3, -0.25) is 9.59 Å². The molecule has 2 aromatic heterocycles. The Morgan fingerprint density at radius 3 is 2.50 bits per heavy atom. The molecule has 0 radical (unpaired) electrons. The van der Waals surface area contributed by atoms with Crippen LogP contribution in [-0.2, 0) is 11.3 Å². The van der Waals surface area contributed by atoms with Crippen molar-refractivity contribution < 1.29 is 9.53 Å². The maximum atomic E-state index is 13.8. The zero-order chi connectivity index (χ0) is 21.6. The lowest BCUT2D eigenvalue weighted by Crippen LogP contribution is -2.38. The molecule has 1 fully saturated rings. The third-order valence-electron chi connectivity index (χ3n) is 6.05. The lowest BCUT2D eigenvalue weighted by molar-refractivity contribution is 0.00842. The van der Waals surface area contributed by atoms with E-state index in [9.17, 15) is 9.59 Å². The number of nitrogens with one attached hydrogen (secondary N) is 2. The minimum absolute atomic E-state index is 0.0532. The van der Waals surface area contributed by atoms with Crippen molar-refractivity contribution in [2.75, 3.05) is 13.2 Å². The van der Waals surface area contributed by atoms with E-state index in [-0.39, 0.29) is 24.1 Å². The van der Waals surface area contributed by atoms with Crippen molar-refractivity contribution in [3.63, 3.8) is 0 Å². The Bertz CT molecular complexity index is 1170. The first-order valence-electron chi connectivity index (χ1n) is 10.5. The minimum atomic E-state index is -0.130. The summed E-state index contributed by atoms with van der Waals surface area (Å²) in [6.45, 7) is 11.4. The smallest absolute Gasteiger partial charge is 0.255 e. The molecular formula is C24H29N3O3. The summed E-state index contributed by atoms with van der Waals surface area (Å²) in [6.07, 6.45) is 1.94. The summed E-state index contributed by atoms with van der Waals surface area (Å²) in [5, 5.41) is 0.948. The monoisotopic (exact) mass is 407 g/mol. The molecule has 0 saturated carbocycles. The summed E-state index contributed by atoms with van der Waals surface area (Å²) in [4.78, 5) is 34.3. The molecule has 1 saturated heterocycles. The summed E-state index contributed by atoms with van der Waals surface area (Å²) < 4.78 is 5.36. The Morgan fingerprint density at radius 2 is 1.90 bits per heavy atom. The second kappa shape index (κ2) is 7.76. The van der Waals surface area contributed by atoms with Crippen LogP contribution in [0, 0.1) is 20.8 Å². The van der Waals surface area contributed by atoms with Gasteiger partial charge >= 0.3 is 0 Å². The predicted octanol–water partition coefficient (Wildman–Crippen LogP) is 3.95. The molecule has 0 unspecified atom stereocenters. The van der Waals surface area contributed by atoms with E-state index >= 15 is 0 Å². The summed E-state index contributed by atoms with van der Waals surface area (Å²) >= 11 is 0. The number of aromatic nitrogens is 2. The predicted molar refractivity (Wildman–Crippen MR) is 118 cm³/mol. The van der Waals surface area contributed by atoms with E-state index in [0.29, 0.717) is 30.3 Å². The van der Waals surface area contributed by atoms with Crippen molar-refractivity contribution in [3.8, 4) is 0 Å². The first-order valence-corrected chi connectivity index (χ1v) is 10.5. The van der Waals surface area contributed by atoms with E-state index in [1.807, 2.05) is 52.9 Å². The van der Waals surface area contributed by atoms with Crippen LogP contribution in [0.4, 0.5) is 0 Å². The fourth-order valence-electron chi connectivity index (χ4n) is 4.19. The molecule has 6 heteroatoms. The zero-order valence-corrected chi connectivity index (χ0v) is 18.3. The van der Waals surface area contributed by atoms with Crippen molar-refractivity contribution in [2.45, 2.75) is 53.1 Å². The highest BCUT2D eigenvalue weighted by Gasteiger charge is 2.27. The summed E-state index contributed by atoms with van der Waals surface area (Å²) in [5.41, 5.74) is 6.03. The van der Waals surface area contributed by atoms with Crippen LogP contribution in [0.25, 0.3) is 10.9 Å². The van der Waals surface area contributed by atoms with E-state index in [0.717, 1.165) is 33.3 Å². The summed E-state index contributed by atoms with van der Waals surface area (Å²) in [6, 6.07) is 6.04. The molecule has 158 valence electrons. The average molecular weight is 408 g/mol. The zero-order valence-electron chi connectivity index (χ0n) is 18.3. The Morgan fingerprint density at radius 1 is 1.17 bits per heavy atom. The molecule has 0 atom stereocenters. The van der Waals surface area contributed by atoms with Gasteiger partial charge in [0, 0.05) is 45.9 Å². The first kappa shape index (κ1) is 20.4. The molecule has 0 spiro atoms. The average Bonchev–Trinajstić information content (AvgIpc) is 2.99. The van der Waals surface area contributed by atoms with Gasteiger partial charge < -0.3 is 19.6 Å². The highest BCUT2D eigenvalue weighted by atomic mass is 16.5. The number of benzene rings is 1. The largest absolute Gasteiger partial charge is 0.380 e. The molecule has 6 nitrogen and oxygen atoms in total. The van der Waals surface area contributed by atoms with Gasteiger partial charge in [-0.15, -0.1) is 0 Å². The fraction of sp³-hybridized carbons (Fsp3) is 0.417. The van der Waals surface area contributed by atoms with Crippen molar-refractivity contribution in [1.82, 2.24) is 14.9 Å². The quantitative estimate of drug-likeness (QED) is 0.672. The number of rotatable bonds is 5. The first-order chi connectivity index (χ1) is 14.3. The molecule has 1 aliphatic rings. The molecule has 1 amide bonds. The topological polar surface area (TPSA) is 78.2 Å². The highest BCUT2D eigenvalue weighted by molar-refractivity contribution is 6.08. The van der Waals surface area contributed by atoms with Gasteiger partial charge in [-0.2, -0.15) is 0 Å². The van der Waals surface area contributed by atoms with Crippen molar-refractivity contribution in [2.24, 2.45) is 0 Å². The number of nitrogens with zero attached hydrogens (tertiary/aromatic N) is 1. The minimum Gasteiger partial charge on any atom is -0.380 e. The molecule has 30 heavy (non-hydrogen) atoms. The van der Waals surface area contributed by atoms with Crippen molar-refractivity contribution in [1.29, 1.82) is 0 Å². The van der Waals surface area contributed by atoms with Gasteiger partial charge in [0.2, 0.25) is 0 Å². The molecule has 3 aromatic rings. The van der Waals surface area contributed by atoms with Crippen LogP contribution in [0.15, 0.2) is 29.2 Å². The molecule has 0 bridgehead atoms. The van der Waals surface area contributed by atoms with E-state index < -0.39 is 0 Å². The van der Waals surface area contributed by atoms with E-state index in [2.05, 4.69) is 16.0 Å². The maximum absolute atomic E-state index is 13.8. The number of fused-ring (bicyclic) bond motifs is 1. The van der Waals surface area contributed by atoms with Gasteiger partial charge in [0.15, 0.2) is 0 Å². The fourth-order valence-corrected chi connectivity index (χ4v) is 4.19.